The van der Waals surface area contributed by atoms with Gasteiger partial charge in [0.05, 0.1) is 0 Å². The first kappa shape index (κ1) is 34.0. The van der Waals surface area contributed by atoms with Crippen molar-refractivity contribution in [3.05, 3.63) is 84.1 Å². The summed E-state index contributed by atoms with van der Waals surface area (Å²) in [6, 6.07) is 22.5. The number of rotatable bonds is 6. The highest BCUT2D eigenvalue weighted by molar-refractivity contribution is 7.59. The Morgan fingerprint density at radius 3 is 2.40 bits per heavy atom. The monoisotopic (exact) mass is 599 g/mol. The molecule has 0 amide bonds. The molecule has 3 aromatic carbocycles. The average Bonchev–Trinajstić information content (AvgIpc) is 3.24. The topological polar surface area (TPSA) is 51.7 Å². The molecule has 0 spiro atoms. The summed E-state index contributed by atoms with van der Waals surface area (Å²) in [7, 11) is 0. The minimum Gasteiger partial charge on any atom is -0.490 e. The number of aromatic nitrogens is 1. The molecule has 4 aromatic rings. The zero-order chi connectivity index (χ0) is 24.6. The van der Waals surface area contributed by atoms with E-state index in [0.29, 0.717) is 25.2 Å². The minimum atomic E-state index is -0.543. The number of H-pyrrole nitrogens is 1. The minimum absolute atomic E-state index is 0. The Balaban J connectivity index is 0.00000140. The van der Waals surface area contributed by atoms with Crippen molar-refractivity contribution >= 4 is 67.8 Å². The number of aliphatic hydroxyl groups excluding tert-OH is 1. The molecule has 7 rings (SSSR count). The van der Waals surface area contributed by atoms with E-state index in [2.05, 4.69) is 101 Å². The predicted octanol–water partition coefficient (Wildman–Crippen LogP) is 6.56. The van der Waals surface area contributed by atoms with Crippen molar-refractivity contribution < 1.29 is 9.84 Å². The molecule has 1 aromatic heterocycles. The van der Waals surface area contributed by atoms with Gasteiger partial charge in [-0.1, -0.05) is 56.0 Å². The summed E-state index contributed by atoms with van der Waals surface area (Å²) in [5, 5.41) is 14.7. The van der Waals surface area contributed by atoms with Gasteiger partial charge in [-0.05, 0) is 67.3 Å². The van der Waals surface area contributed by atoms with Crippen molar-refractivity contribution in [1.29, 1.82) is 0 Å². The summed E-state index contributed by atoms with van der Waals surface area (Å²) in [4.78, 5) is 8.44. The molecule has 5 nitrogen and oxygen atoms in total. The van der Waals surface area contributed by atoms with Crippen LogP contribution in [0.25, 0.3) is 21.7 Å². The summed E-state index contributed by atoms with van der Waals surface area (Å²) >= 11 is 0. The fourth-order valence-corrected chi connectivity index (χ4v) is 5.96. The van der Waals surface area contributed by atoms with Crippen molar-refractivity contribution in [2.75, 3.05) is 31.1 Å². The van der Waals surface area contributed by atoms with E-state index in [4.69, 9.17) is 4.74 Å². The second-order valence-electron chi connectivity index (χ2n) is 10.5. The number of piperazine rings is 1. The molecule has 3 aliphatic heterocycles. The second-order valence-corrected chi connectivity index (χ2v) is 10.5. The van der Waals surface area contributed by atoms with Crippen LogP contribution in [0.3, 0.4) is 0 Å². The van der Waals surface area contributed by atoms with Gasteiger partial charge in [0.1, 0.15) is 18.5 Å². The number of aryl methyl sites for hydroxylation is 2. The molecule has 0 aliphatic carbocycles. The number of nitrogens with one attached hydrogen (secondary N) is 1. The molecule has 8 heteroatoms. The van der Waals surface area contributed by atoms with E-state index in [1.54, 1.807) is 0 Å². The van der Waals surface area contributed by atoms with Crippen molar-refractivity contribution in [2.24, 2.45) is 0 Å². The van der Waals surface area contributed by atoms with Gasteiger partial charge in [0, 0.05) is 54.0 Å². The molecule has 218 valence electrons. The molecule has 1 saturated heterocycles. The summed E-state index contributed by atoms with van der Waals surface area (Å²) in [6.07, 6.45) is 6.15. The largest absolute Gasteiger partial charge is 0.490 e. The number of anilines is 1. The molecule has 0 unspecified atom stereocenters. The van der Waals surface area contributed by atoms with E-state index >= 15 is 0 Å². The maximum absolute atomic E-state index is 11.0. The van der Waals surface area contributed by atoms with Crippen LogP contribution < -0.4 is 9.64 Å². The number of aromatic amines is 1. The lowest BCUT2D eigenvalue weighted by Crippen LogP contribution is -2.60. The van der Waals surface area contributed by atoms with Crippen LogP contribution in [0.4, 0.5) is 5.69 Å². The third kappa shape index (κ3) is 6.97. The molecule has 3 aliphatic rings. The van der Waals surface area contributed by atoms with Crippen molar-refractivity contribution in [2.45, 2.75) is 52.3 Å². The molecule has 2 bridgehead atoms. The fourth-order valence-electron chi connectivity index (χ4n) is 5.96. The first-order valence-electron chi connectivity index (χ1n) is 13.1. The standard InChI is InChI=1S/C31H35N3O2.CH4.3H2S/c1-21-11-14-30-29(15-22(2)32-30)31(21)36-20-28(35)19-33-17-27-10-6-5-9-26(33)18-34(27)25-13-12-23-7-3-4-8-24(23)16-25;;;;/h3-8,11-16,26-28,32,35H,9-10,17-20H2,1-2H3;1H4;3*1H2/b6-5-;;;;/t26-,27-,28-;;;;/m0..../s1. The van der Waals surface area contributed by atoms with Gasteiger partial charge in [-0.3, -0.25) is 4.90 Å². The Labute approximate surface area is 259 Å². The van der Waals surface area contributed by atoms with E-state index in [-0.39, 0.29) is 47.9 Å². The van der Waals surface area contributed by atoms with Crippen LogP contribution in [-0.4, -0.2) is 59.4 Å². The highest BCUT2D eigenvalue weighted by Gasteiger charge is 2.35. The number of fused-ring (bicyclic) bond motifs is 6. The van der Waals surface area contributed by atoms with Crippen molar-refractivity contribution in [1.82, 2.24) is 9.88 Å². The predicted molar refractivity (Wildman–Crippen MR) is 186 cm³/mol. The Morgan fingerprint density at radius 1 is 0.900 bits per heavy atom. The van der Waals surface area contributed by atoms with Crippen molar-refractivity contribution in [3.8, 4) is 5.75 Å². The third-order valence-electron chi connectivity index (χ3n) is 7.81. The molecule has 0 radical (unpaired) electrons. The van der Waals surface area contributed by atoms with Gasteiger partial charge in [-0.15, -0.1) is 0 Å². The van der Waals surface area contributed by atoms with Crippen LogP contribution >= 0.6 is 40.5 Å². The lowest BCUT2D eigenvalue weighted by Gasteiger charge is -2.48. The number of aliphatic hydroxyl groups is 1. The highest BCUT2D eigenvalue weighted by Crippen LogP contribution is 2.32. The van der Waals surface area contributed by atoms with Gasteiger partial charge in [-0.25, -0.2) is 0 Å². The van der Waals surface area contributed by atoms with Crippen LogP contribution in [0.1, 0.15) is 31.5 Å². The summed E-state index contributed by atoms with van der Waals surface area (Å²) in [5.41, 5.74) is 4.58. The van der Waals surface area contributed by atoms with Gasteiger partial charge in [0.2, 0.25) is 0 Å². The molecule has 0 saturated carbocycles. The highest BCUT2D eigenvalue weighted by atomic mass is 32.1. The number of nitrogens with zero attached hydrogens (tertiary/aromatic N) is 2. The molecule has 2 N–H and O–H groups in total. The van der Waals surface area contributed by atoms with E-state index in [1.165, 1.54) is 16.5 Å². The number of hydrogen-bond donors (Lipinski definition) is 2. The Bertz CT molecular complexity index is 1420. The molecular formula is C32H45N3O2S3. The normalized spacial score (nSPS) is 19.8. The molecular weight excluding hydrogens is 555 g/mol. The second kappa shape index (κ2) is 14.6. The fraction of sp³-hybridized carbons (Fsp3) is 0.375. The summed E-state index contributed by atoms with van der Waals surface area (Å²) in [6.45, 7) is 6.96. The maximum Gasteiger partial charge on any atom is 0.131 e. The first-order chi connectivity index (χ1) is 17.5. The Kier molecular flexibility index (Phi) is 12.4. The van der Waals surface area contributed by atoms with Crippen LogP contribution in [0, 0.1) is 13.8 Å². The van der Waals surface area contributed by atoms with Gasteiger partial charge < -0.3 is 19.7 Å². The lowest BCUT2D eigenvalue weighted by atomic mass is 9.96. The first-order valence-corrected chi connectivity index (χ1v) is 13.1. The zero-order valence-corrected chi connectivity index (χ0v) is 25.7. The zero-order valence-electron chi connectivity index (χ0n) is 22.7. The molecule has 3 atom stereocenters. The number of hydrogen-bond acceptors (Lipinski definition) is 4. The smallest absolute Gasteiger partial charge is 0.131 e. The van der Waals surface area contributed by atoms with Crippen molar-refractivity contribution in [3.63, 3.8) is 0 Å². The van der Waals surface area contributed by atoms with E-state index in [0.717, 1.165) is 53.8 Å². The average molecular weight is 600 g/mol. The lowest BCUT2D eigenvalue weighted by molar-refractivity contribution is 0.0407. The van der Waals surface area contributed by atoms with Crippen LogP contribution in [0.2, 0.25) is 0 Å². The third-order valence-corrected chi connectivity index (χ3v) is 7.81. The quantitative estimate of drug-likeness (QED) is 0.247. The van der Waals surface area contributed by atoms with Gasteiger partial charge in [-0.2, -0.15) is 40.5 Å². The van der Waals surface area contributed by atoms with Crippen LogP contribution in [0.15, 0.2) is 72.8 Å². The number of ether oxygens (including phenoxy) is 1. The Morgan fingerprint density at radius 2 is 1.62 bits per heavy atom. The van der Waals surface area contributed by atoms with E-state index in [9.17, 15) is 5.11 Å². The van der Waals surface area contributed by atoms with Crippen LogP contribution in [0.5, 0.6) is 5.75 Å². The molecule has 1 fully saturated rings. The van der Waals surface area contributed by atoms with E-state index < -0.39 is 6.10 Å². The van der Waals surface area contributed by atoms with Gasteiger partial charge >= 0.3 is 0 Å². The Hall–Kier alpha value is -2.23. The molecule has 4 heterocycles. The van der Waals surface area contributed by atoms with Gasteiger partial charge in [0.15, 0.2) is 0 Å². The summed E-state index contributed by atoms with van der Waals surface area (Å²) in [5.74, 6) is 0.871. The van der Waals surface area contributed by atoms with Gasteiger partial charge in [0.25, 0.3) is 0 Å². The SMILES string of the molecule is C.Cc1cc2c(OC[C@@H](O)CN3C[C@@H]4C/C=C\C[C@H]3CN4c3ccc4ccccc4c3)c(C)ccc2[nH]1.S.S.S. The molecule has 40 heavy (non-hydrogen) atoms. The summed E-state index contributed by atoms with van der Waals surface area (Å²) < 4.78 is 6.21. The van der Waals surface area contributed by atoms with Crippen LogP contribution in [-0.2, 0) is 0 Å². The van der Waals surface area contributed by atoms with E-state index in [1.807, 2.05) is 0 Å². The maximum atomic E-state index is 11.0. The number of benzene rings is 3.